The van der Waals surface area contributed by atoms with Gasteiger partial charge in [0.25, 0.3) is 0 Å². The number of alkyl halides is 1. The standard InChI is InChI=1S/C14H10Br2F2/c15-10-4-5-14(18)12(8-10)13(16)7-9-2-1-3-11(17)6-9/h1-6,8,13H,7H2. The Hall–Kier alpha value is -0.740. The first-order valence-corrected chi connectivity index (χ1v) is 7.10. The number of benzene rings is 2. The zero-order valence-electron chi connectivity index (χ0n) is 9.34. The van der Waals surface area contributed by atoms with Crippen LogP contribution in [0.15, 0.2) is 46.9 Å². The molecule has 0 saturated heterocycles. The predicted octanol–water partition coefficient (Wildman–Crippen LogP) is 5.41. The molecule has 0 fully saturated rings. The first-order chi connectivity index (χ1) is 8.56. The highest BCUT2D eigenvalue weighted by molar-refractivity contribution is 9.10. The molecular weight excluding hydrogens is 366 g/mol. The summed E-state index contributed by atoms with van der Waals surface area (Å²) in [5.74, 6) is -0.543. The van der Waals surface area contributed by atoms with Crippen molar-refractivity contribution >= 4 is 31.9 Å². The van der Waals surface area contributed by atoms with Gasteiger partial charge in [-0.05, 0) is 42.3 Å². The largest absolute Gasteiger partial charge is 0.207 e. The van der Waals surface area contributed by atoms with Crippen molar-refractivity contribution in [1.29, 1.82) is 0 Å². The Morgan fingerprint density at radius 3 is 2.56 bits per heavy atom. The third-order valence-electron chi connectivity index (χ3n) is 2.60. The lowest BCUT2D eigenvalue weighted by Crippen LogP contribution is -1.99. The molecule has 0 bridgehead atoms. The summed E-state index contributed by atoms with van der Waals surface area (Å²) in [7, 11) is 0. The van der Waals surface area contributed by atoms with Gasteiger partial charge >= 0.3 is 0 Å². The van der Waals surface area contributed by atoms with Crippen LogP contribution in [0.2, 0.25) is 0 Å². The van der Waals surface area contributed by atoms with E-state index in [1.165, 1.54) is 18.2 Å². The monoisotopic (exact) mass is 374 g/mol. The van der Waals surface area contributed by atoms with Crippen molar-refractivity contribution in [2.75, 3.05) is 0 Å². The molecule has 0 aliphatic heterocycles. The molecule has 0 aliphatic rings. The quantitative estimate of drug-likeness (QED) is 0.629. The van der Waals surface area contributed by atoms with Crippen molar-refractivity contribution in [3.05, 3.63) is 69.7 Å². The van der Waals surface area contributed by atoms with Gasteiger partial charge in [0.15, 0.2) is 0 Å². The van der Waals surface area contributed by atoms with E-state index >= 15 is 0 Å². The molecule has 0 aromatic heterocycles. The van der Waals surface area contributed by atoms with Crippen LogP contribution in [0, 0.1) is 11.6 Å². The minimum atomic E-state index is -0.276. The van der Waals surface area contributed by atoms with E-state index in [0.717, 1.165) is 10.0 Å². The highest BCUT2D eigenvalue weighted by Crippen LogP contribution is 2.31. The fraction of sp³-hybridized carbons (Fsp3) is 0.143. The van der Waals surface area contributed by atoms with Crippen LogP contribution in [0.5, 0.6) is 0 Å². The van der Waals surface area contributed by atoms with E-state index in [2.05, 4.69) is 31.9 Å². The molecule has 0 amide bonds. The third-order valence-corrected chi connectivity index (χ3v) is 3.91. The Morgan fingerprint density at radius 1 is 1.06 bits per heavy atom. The van der Waals surface area contributed by atoms with E-state index in [0.29, 0.717) is 12.0 Å². The lowest BCUT2D eigenvalue weighted by Gasteiger charge is -2.12. The average molecular weight is 376 g/mol. The van der Waals surface area contributed by atoms with Gasteiger partial charge in [0.1, 0.15) is 11.6 Å². The normalized spacial score (nSPS) is 12.4. The number of halogens is 4. The van der Waals surface area contributed by atoms with Gasteiger partial charge in [-0.15, -0.1) is 0 Å². The van der Waals surface area contributed by atoms with Gasteiger partial charge < -0.3 is 0 Å². The fourth-order valence-corrected chi connectivity index (χ4v) is 2.84. The van der Waals surface area contributed by atoms with Gasteiger partial charge in [0, 0.05) is 14.9 Å². The number of hydrogen-bond acceptors (Lipinski definition) is 0. The highest BCUT2D eigenvalue weighted by Gasteiger charge is 2.14. The van der Waals surface area contributed by atoms with Gasteiger partial charge in [0.2, 0.25) is 0 Å². The highest BCUT2D eigenvalue weighted by atomic mass is 79.9. The Kier molecular flexibility index (Phi) is 4.51. The average Bonchev–Trinajstić information content (AvgIpc) is 2.32. The molecule has 2 aromatic carbocycles. The summed E-state index contributed by atoms with van der Waals surface area (Å²) in [4.78, 5) is -0.184. The second kappa shape index (κ2) is 5.93. The lowest BCUT2D eigenvalue weighted by molar-refractivity contribution is 0.606. The van der Waals surface area contributed by atoms with Crippen LogP contribution in [0.1, 0.15) is 16.0 Å². The summed E-state index contributed by atoms with van der Waals surface area (Å²) < 4.78 is 27.6. The minimum absolute atomic E-state index is 0.184. The van der Waals surface area contributed by atoms with E-state index in [1.807, 2.05) is 6.07 Å². The fourth-order valence-electron chi connectivity index (χ4n) is 1.74. The van der Waals surface area contributed by atoms with Crippen LogP contribution >= 0.6 is 31.9 Å². The van der Waals surface area contributed by atoms with Crippen LogP contribution < -0.4 is 0 Å². The van der Waals surface area contributed by atoms with Crippen molar-refractivity contribution in [3.8, 4) is 0 Å². The van der Waals surface area contributed by atoms with E-state index in [4.69, 9.17) is 0 Å². The summed E-state index contributed by atoms with van der Waals surface area (Å²) in [6.07, 6.45) is 0.533. The summed E-state index contributed by atoms with van der Waals surface area (Å²) in [5.41, 5.74) is 1.39. The molecule has 1 unspecified atom stereocenters. The smallest absolute Gasteiger partial charge is 0.127 e. The summed E-state index contributed by atoms with van der Waals surface area (Å²) in [6, 6.07) is 11.1. The lowest BCUT2D eigenvalue weighted by atomic mass is 10.0. The summed E-state index contributed by atoms with van der Waals surface area (Å²) in [5, 5.41) is 0. The van der Waals surface area contributed by atoms with Crippen LogP contribution in [0.3, 0.4) is 0 Å². The Bertz CT molecular complexity index is 555. The molecular formula is C14H10Br2F2. The molecule has 2 rings (SSSR count). The second-order valence-corrected chi connectivity index (χ2v) is 5.99. The van der Waals surface area contributed by atoms with Crippen molar-refractivity contribution in [3.63, 3.8) is 0 Å². The van der Waals surface area contributed by atoms with Gasteiger partial charge in [-0.2, -0.15) is 0 Å². The first-order valence-electron chi connectivity index (χ1n) is 5.40. The molecule has 18 heavy (non-hydrogen) atoms. The maximum atomic E-state index is 13.7. The predicted molar refractivity (Wildman–Crippen MR) is 75.9 cm³/mol. The molecule has 4 heteroatoms. The Balaban J connectivity index is 2.21. The molecule has 0 aliphatic carbocycles. The molecule has 2 aromatic rings. The SMILES string of the molecule is Fc1cccc(CC(Br)c2cc(Br)ccc2F)c1. The number of rotatable bonds is 3. The molecule has 0 radical (unpaired) electrons. The second-order valence-electron chi connectivity index (χ2n) is 3.97. The Labute approximate surface area is 121 Å². The van der Waals surface area contributed by atoms with Crippen LogP contribution in [-0.2, 0) is 6.42 Å². The molecule has 0 saturated carbocycles. The van der Waals surface area contributed by atoms with Crippen LogP contribution in [0.4, 0.5) is 8.78 Å². The molecule has 0 nitrogen and oxygen atoms in total. The molecule has 0 spiro atoms. The zero-order chi connectivity index (χ0) is 13.1. The van der Waals surface area contributed by atoms with Gasteiger partial charge in [-0.3, -0.25) is 0 Å². The zero-order valence-corrected chi connectivity index (χ0v) is 12.5. The van der Waals surface area contributed by atoms with Crippen LogP contribution in [-0.4, -0.2) is 0 Å². The van der Waals surface area contributed by atoms with E-state index in [9.17, 15) is 8.78 Å². The summed E-state index contributed by atoms with van der Waals surface area (Å²) in [6.45, 7) is 0. The van der Waals surface area contributed by atoms with E-state index in [1.54, 1.807) is 18.2 Å². The molecule has 0 heterocycles. The number of hydrogen-bond donors (Lipinski definition) is 0. The maximum Gasteiger partial charge on any atom is 0.127 e. The minimum Gasteiger partial charge on any atom is -0.207 e. The van der Waals surface area contributed by atoms with Crippen molar-refractivity contribution in [2.24, 2.45) is 0 Å². The summed E-state index contributed by atoms with van der Waals surface area (Å²) >= 11 is 6.76. The van der Waals surface area contributed by atoms with Crippen molar-refractivity contribution in [2.45, 2.75) is 11.2 Å². The third kappa shape index (κ3) is 3.39. The molecule has 94 valence electrons. The van der Waals surface area contributed by atoms with E-state index in [-0.39, 0.29) is 16.5 Å². The van der Waals surface area contributed by atoms with Crippen LogP contribution in [0.25, 0.3) is 0 Å². The van der Waals surface area contributed by atoms with E-state index < -0.39 is 0 Å². The van der Waals surface area contributed by atoms with Crippen molar-refractivity contribution in [1.82, 2.24) is 0 Å². The Morgan fingerprint density at radius 2 is 1.83 bits per heavy atom. The molecule has 0 N–H and O–H groups in total. The van der Waals surface area contributed by atoms with Gasteiger partial charge in [-0.25, -0.2) is 8.78 Å². The van der Waals surface area contributed by atoms with Gasteiger partial charge in [0.05, 0.1) is 0 Å². The maximum absolute atomic E-state index is 13.7. The van der Waals surface area contributed by atoms with Gasteiger partial charge in [-0.1, -0.05) is 44.0 Å². The van der Waals surface area contributed by atoms with Crippen molar-refractivity contribution < 1.29 is 8.78 Å². The first kappa shape index (κ1) is 13.7. The molecule has 1 atom stereocenters. The topological polar surface area (TPSA) is 0 Å².